The molecule has 4 N–H and O–H groups in total. The van der Waals surface area contributed by atoms with Gasteiger partial charge >= 0.3 is 5.97 Å². The van der Waals surface area contributed by atoms with Crippen molar-refractivity contribution in [3.05, 3.63) is 11.6 Å². The second kappa shape index (κ2) is 24.3. The Morgan fingerprint density at radius 1 is 0.711 bits per heavy atom. The smallest absolute Gasteiger partial charge is 0.334 e. The lowest BCUT2D eigenvalue weighted by Crippen LogP contribution is -2.56. The molecule has 260 valence electrons. The summed E-state index contributed by atoms with van der Waals surface area (Å²) in [4.78, 5) is 37.0. The van der Waals surface area contributed by atoms with Crippen LogP contribution in [0, 0.1) is 0 Å². The van der Waals surface area contributed by atoms with E-state index in [1.807, 2.05) is 13.0 Å². The highest BCUT2D eigenvalue weighted by molar-refractivity contribution is 5.90. The van der Waals surface area contributed by atoms with Gasteiger partial charge in [-0.15, -0.1) is 0 Å². The Balaban J connectivity index is 1.49. The van der Waals surface area contributed by atoms with Gasteiger partial charge in [0.15, 0.2) is 0 Å². The summed E-state index contributed by atoms with van der Waals surface area (Å²) >= 11 is 0. The normalized spacial score (nSPS) is 21.2. The molecular weight excluding hydrogens is 568 g/mol. The zero-order valence-electron chi connectivity index (χ0n) is 28.7. The Hall–Kier alpha value is -1.93. The third-order valence-corrected chi connectivity index (χ3v) is 9.52. The van der Waals surface area contributed by atoms with Crippen LogP contribution in [0.3, 0.4) is 0 Å². The standard InChI is InChI=1S/C37H66N2O6/c1-3-4-5-6-7-13-16-19-26-33(40)35(42)38-31-24-21-22-25-32(31)39-36(43)34(41)27-20-17-14-11-9-8-10-12-15-18-23-30-28-29(2)45-37(30)44/h28-29,31-34,40-41H,3-27H2,1-2H3,(H,38,42)(H,39,43)/t29-,31+,32+,33-,34-/m0/s1. The molecule has 0 spiro atoms. The lowest BCUT2D eigenvalue weighted by molar-refractivity contribution is -0.139. The number of nitrogens with one attached hydrogen (secondary N) is 2. The van der Waals surface area contributed by atoms with Gasteiger partial charge in [0.2, 0.25) is 11.8 Å². The van der Waals surface area contributed by atoms with Crippen molar-refractivity contribution < 1.29 is 29.3 Å². The Morgan fingerprint density at radius 3 is 1.51 bits per heavy atom. The van der Waals surface area contributed by atoms with Crippen molar-refractivity contribution in [2.75, 3.05) is 0 Å². The van der Waals surface area contributed by atoms with Gasteiger partial charge < -0.3 is 25.6 Å². The first-order valence-corrected chi connectivity index (χ1v) is 18.7. The fourth-order valence-electron chi connectivity index (χ4n) is 6.65. The van der Waals surface area contributed by atoms with E-state index in [1.54, 1.807) is 0 Å². The molecule has 0 saturated heterocycles. The Kier molecular flexibility index (Phi) is 21.2. The van der Waals surface area contributed by atoms with Crippen LogP contribution in [0.1, 0.15) is 174 Å². The average Bonchev–Trinajstić information content (AvgIpc) is 3.35. The van der Waals surface area contributed by atoms with Crippen molar-refractivity contribution >= 4 is 17.8 Å². The fourth-order valence-corrected chi connectivity index (χ4v) is 6.65. The van der Waals surface area contributed by atoms with Crippen molar-refractivity contribution in [1.29, 1.82) is 0 Å². The lowest BCUT2D eigenvalue weighted by Gasteiger charge is -2.33. The summed E-state index contributed by atoms with van der Waals surface area (Å²) in [6, 6.07) is -0.414. The number of aliphatic hydroxyl groups is 2. The topological polar surface area (TPSA) is 125 Å². The predicted molar refractivity (Wildman–Crippen MR) is 181 cm³/mol. The van der Waals surface area contributed by atoms with Crippen molar-refractivity contribution in [3.8, 4) is 0 Å². The van der Waals surface area contributed by atoms with Gasteiger partial charge in [-0.2, -0.15) is 0 Å². The molecule has 0 aromatic heterocycles. The number of hydrogen-bond donors (Lipinski definition) is 4. The number of ether oxygens (including phenoxy) is 1. The summed E-state index contributed by atoms with van der Waals surface area (Å²) in [7, 11) is 0. The molecule has 1 aliphatic heterocycles. The highest BCUT2D eigenvalue weighted by atomic mass is 16.5. The minimum absolute atomic E-state index is 0.0711. The molecule has 2 amide bonds. The Bertz CT molecular complexity index is 862. The number of rotatable bonds is 26. The van der Waals surface area contributed by atoms with Crippen molar-refractivity contribution in [2.24, 2.45) is 0 Å². The van der Waals surface area contributed by atoms with Gasteiger partial charge in [0.25, 0.3) is 0 Å². The maximum absolute atomic E-state index is 12.7. The Morgan fingerprint density at radius 2 is 1.11 bits per heavy atom. The van der Waals surface area contributed by atoms with Gasteiger partial charge in [-0.3, -0.25) is 9.59 Å². The minimum atomic E-state index is -1.03. The summed E-state index contributed by atoms with van der Waals surface area (Å²) < 4.78 is 5.14. The number of aliphatic hydroxyl groups excluding tert-OH is 2. The third-order valence-electron chi connectivity index (χ3n) is 9.52. The molecule has 8 nitrogen and oxygen atoms in total. The largest absolute Gasteiger partial charge is 0.455 e. The quantitative estimate of drug-likeness (QED) is 0.0583. The SMILES string of the molecule is CCCCCCCCCC[C@H](O)C(=O)N[C@@H]1CCCC[C@H]1NC(=O)[C@@H](O)CCCCCCCCCCCCC1=C[C@H](C)OC1=O. The van der Waals surface area contributed by atoms with E-state index in [9.17, 15) is 24.6 Å². The van der Waals surface area contributed by atoms with Crippen LogP contribution < -0.4 is 10.6 Å². The first-order chi connectivity index (χ1) is 21.8. The van der Waals surface area contributed by atoms with Gasteiger partial charge in [-0.1, -0.05) is 129 Å². The molecule has 2 rings (SSSR count). The number of cyclic esters (lactones) is 1. The van der Waals surface area contributed by atoms with Crippen LogP contribution in [0.15, 0.2) is 11.6 Å². The van der Waals surface area contributed by atoms with E-state index in [0.29, 0.717) is 12.8 Å². The summed E-state index contributed by atoms with van der Waals surface area (Å²) in [6.45, 7) is 4.11. The van der Waals surface area contributed by atoms with Gasteiger partial charge in [0.05, 0.1) is 0 Å². The summed E-state index contributed by atoms with van der Waals surface area (Å²) in [6.07, 6.45) is 25.6. The van der Waals surface area contributed by atoms with Crippen LogP contribution in [0.4, 0.5) is 0 Å². The van der Waals surface area contributed by atoms with E-state index in [4.69, 9.17) is 4.74 Å². The van der Waals surface area contributed by atoms with E-state index in [0.717, 1.165) is 89.0 Å². The fraction of sp³-hybridized carbons (Fsp3) is 0.865. The molecule has 0 bridgehead atoms. The monoisotopic (exact) mass is 634 g/mol. The van der Waals surface area contributed by atoms with E-state index < -0.39 is 12.2 Å². The molecule has 0 aromatic rings. The summed E-state index contributed by atoms with van der Waals surface area (Å²) in [5.41, 5.74) is 0.840. The average molecular weight is 635 g/mol. The molecule has 1 saturated carbocycles. The highest BCUT2D eigenvalue weighted by Gasteiger charge is 2.30. The van der Waals surface area contributed by atoms with E-state index in [1.165, 1.54) is 64.2 Å². The molecule has 1 aliphatic carbocycles. The van der Waals surface area contributed by atoms with E-state index >= 15 is 0 Å². The number of amides is 2. The molecule has 0 unspecified atom stereocenters. The van der Waals surface area contributed by atoms with Crippen LogP contribution in [0.2, 0.25) is 0 Å². The maximum Gasteiger partial charge on any atom is 0.334 e. The second-order valence-corrected chi connectivity index (χ2v) is 13.7. The zero-order chi connectivity index (χ0) is 32.7. The number of carbonyl (C=O) groups excluding carboxylic acids is 3. The van der Waals surface area contributed by atoms with Gasteiger partial charge in [-0.05, 0) is 51.5 Å². The van der Waals surface area contributed by atoms with Crippen molar-refractivity contribution in [3.63, 3.8) is 0 Å². The predicted octanol–water partition coefficient (Wildman–Crippen LogP) is 7.34. The van der Waals surface area contributed by atoms with Gasteiger partial charge in [0.1, 0.15) is 18.3 Å². The number of hydrogen-bond acceptors (Lipinski definition) is 6. The van der Waals surface area contributed by atoms with Crippen LogP contribution >= 0.6 is 0 Å². The minimum Gasteiger partial charge on any atom is -0.455 e. The first kappa shape index (κ1) is 39.2. The molecule has 5 atom stereocenters. The zero-order valence-corrected chi connectivity index (χ0v) is 28.7. The number of carbonyl (C=O) groups is 3. The van der Waals surface area contributed by atoms with Crippen LogP contribution in [-0.4, -0.2) is 58.4 Å². The number of esters is 1. The molecule has 0 aromatic carbocycles. The Labute approximate surface area is 273 Å². The molecule has 8 heteroatoms. The molecule has 2 aliphatic rings. The molecule has 45 heavy (non-hydrogen) atoms. The lowest BCUT2D eigenvalue weighted by atomic mass is 9.89. The van der Waals surface area contributed by atoms with E-state index in [-0.39, 0.29) is 36.0 Å². The van der Waals surface area contributed by atoms with Crippen LogP contribution in [0.25, 0.3) is 0 Å². The highest BCUT2D eigenvalue weighted by Crippen LogP contribution is 2.21. The van der Waals surface area contributed by atoms with Crippen LogP contribution in [-0.2, 0) is 19.1 Å². The molecule has 1 fully saturated rings. The summed E-state index contributed by atoms with van der Waals surface area (Å²) in [5.74, 6) is -0.837. The van der Waals surface area contributed by atoms with Crippen molar-refractivity contribution in [2.45, 2.75) is 205 Å². The first-order valence-electron chi connectivity index (χ1n) is 18.7. The van der Waals surface area contributed by atoms with Gasteiger partial charge in [-0.25, -0.2) is 4.79 Å². The summed E-state index contributed by atoms with van der Waals surface area (Å²) in [5, 5.41) is 26.9. The number of unbranched alkanes of at least 4 members (excludes halogenated alkanes) is 16. The third kappa shape index (κ3) is 17.5. The van der Waals surface area contributed by atoms with E-state index in [2.05, 4.69) is 17.6 Å². The molecule has 0 radical (unpaired) electrons. The van der Waals surface area contributed by atoms with Crippen molar-refractivity contribution in [1.82, 2.24) is 10.6 Å². The molecule has 1 heterocycles. The maximum atomic E-state index is 12.7. The molecular formula is C37H66N2O6. The van der Waals surface area contributed by atoms with Gasteiger partial charge in [0, 0.05) is 17.7 Å². The second-order valence-electron chi connectivity index (χ2n) is 13.7. The van der Waals surface area contributed by atoms with Crippen LogP contribution in [0.5, 0.6) is 0 Å².